The third kappa shape index (κ3) is 21.9. The van der Waals surface area contributed by atoms with Gasteiger partial charge in [0, 0.05) is 26.2 Å². The predicted octanol–water partition coefficient (Wildman–Crippen LogP) is -12.9. The summed E-state index contributed by atoms with van der Waals surface area (Å²) in [6.45, 7) is -2.75. The van der Waals surface area contributed by atoms with E-state index in [2.05, 4.69) is 0 Å². The average molecular weight is 486 g/mol. The molecule has 0 saturated carbocycles. The number of hydrogen-bond acceptors (Lipinski definition) is 12. The number of carbonyl (C=O) groups is 6. The van der Waals surface area contributed by atoms with E-state index in [1.807, 2.05) is 0 Å². The first kappa shape index (κ1) is 37.9. The van der Waals surface area contributed by atoms with Gasteiger partial charge in [-0.15, -0.1) is 0 Å². The summed E-state index contributed by atoms with van der Waals surface area (Å²) in [6, 6.07) is 0. The van der Waals surface area contributed by atoms with Gasteiger partial charge in [-0.25, -0.2) is 9.59 Å². The Bertz CT molecular complexity index is 561. The third-order valence-corrected chi connectivity index (χ3v) is 2.96. The zero-order chi connectivity index (χ0) is 24.0. The Morgan fingerprint density at radius 3 is 1.00 bits per heavy atom. The molecule has 0 radical (unpaired) electrons. The van der Waals surface area contributed by atoms with Crippen molar-refractivity contribution < 1.29 is 129 Å². The van der Waals surface area contributed by atoms with Gasteiger partial charge in [-0.3, -0.25) is 19.4 Å². The Morgan fingerprint density at radius 1 is 0.594 bits per heavy atom. The van der Waals surface area contributed by atoms with Gasteiger partial charge < -0.3 is 50.4 Å². The molecule has 0 aromatic carbocycles. The first-order valence-electron chi connectivity index (χ1n) is 7.77. The minimum atomic E-state index is -2.27. The van der Waals surface area contributed by atoms with Crippen molar-refractivity contribution in [3.8, 4) is 0 Å². The first-order valence-corrected chi connectivity index (χ1v) is 7.77. The molecule has 0 aliphatic rings. The smallest absolute Gasteiger partial charge is 0.549 e. The maximum atomic E-state index is 10.5. The summed E-state index contributed by atoms with van der Waals surface area (Å²) in [5, 5.41) is 70.6. The van der Waals surface area contributed by atoms with E-state index in [0.717, 1.165) is 9.80 Å². The molecule has 0 saturated heterocycles. The van der Waals surface area contributed by atoms with Gasteiger partial charge in [-0.05, 0) is 0 Å². The van der Waals surface area contributed by atoms with Crippen molar-refractivity contribution in [2.45, 2.75) is 12.2 Å². The zero-order valence-electron chi connectivity index (χ0n) is 17.2. The molecule has 172 valence electrons. The van der Waals surface area contributed by atoms with Gasteiger partial charge in [-0.2, -0.15) is 0 Å². The molecule has 0 bridgehead atoms. The van der Waals surface area contributed by atoms with Crippen molar-refractivity contribution in [1.29, 1.82) is 0 Å². The molecule has 2 unspecified atom stereocenters. The molecule has 0 amide bonds. The molecule has 16 nitrogen and oxygen atoms in total. The number of aliphatic carboxylic acids is 6. The van der Waals surface area contributed by atoms with Gasteiger partial charge in [0.15, 0.2) is 12.2 Å². The van der Waals surface area contributed by atoms with Gasteiger partial charge >= 0.3 is 83.0 Å². The van der Waals surface area contributed by atoms with Crippen molar-refractivity contribution in [1.82, 2.24) is 9.80 Å². The summed E-state index contributed by atoms with van der Waals surface area (Å²) in [7, 11) is 0. The summed E-state index contributed by atoms with van der Waals surface area (Å²) in [4.78, 5) is 63.4. The third-order valence-electron chi connectivity index (χ3n) is 2.96. The summed E-state index contributed by atoms with van der Waals surface area (Å²) in [6.07, 6.45) is -4.53. The van der Waals surface area contributed by atoms with Crippen LogP contribution in [0.2, 0.25) is 0 Å². The zero-order valence-corrected chi connectivity index (χ0v) is 21.2. The van der Waals surface area contributed by atoms with Crippen LogP contribution in [0.15, 0.2) is 0 Å². The van der Waals surface area contributed by atoms with Gasteiger partial charge in [0.05, 0.1) is 25.0 Å². The second-order valence-corrected chi connectivity index (χ2v) is 5.52. The fourth-order valence-corrected chi connectivity index (χ4v) is 1.73. The van der Waals surface area contributed by atoms with Crippen molar-refractivity contribution >= 4 is 35.8 Å². The fourth-order valence-electron chi connectivity index (χ4n) is 1.73. The van der Waals surface area contributed by atoms with Gasteiger partial charge in [0.25, 0.3) is 0 Å². The number of carbonyl (C=O) groups excluding carboxylic acids is 2. The van der Waals surface area contributed by atoms with E-state index < -0.39 is 74.2 Å². The number of aliphatic hydroxyl groups excluding tert-OH is 2. The Kier molecular flexibility index (Phi) is 24.0. The number of carboxylic acid groups (broad SMARTS) is 6. The second kappa shape index (κ2) is 20.3. The van der Waals surface area contributed by atoms with Crippen LogP contribution >= 0.6 is 0 Å². The van der Waals surface area contributed by atoms with Gasteiger partial charge in [-0.1, -0.05) is 0 Å². The molecule has 0 rings (SSSR count). The van der Waals surface area contributed by atoms with Crippen LogP contribution in [0.1, 0.15) is 0 Å². The standard InChI is InChI=1S/C10H16N2O8.C4H6O6.2Na/c13-7(14)3-11(4-8(15)16)1-2-12(5-9(17)18)6-10(19)20;5-1(3(7)8)2(6)4(9)10;;/h1-6H2,(H,13,14)(H,15,16)(H,17,18)(H,19,20);1-2,5-6H,(H,7,8)(H,9,10);;/q;;2*+1/p-2. The Hall–Kier alpha value is -1.34. The summed E-state index contributed by atoms with van der Waals surface area (Å²) in [5.41, 5.74) is 0. The summed E-state index contributed by atoms with van der Waals surface area (Å²) in [5.74, 6) is -9.05. The van der Waals surface area contributed by atoms with Crippen LogP contribution in [0.5, 0.6) is 0 Å². The van der Waals surface area contributed by atoms with Gasteiger partial charge in [0.1, 0.15) is 0 Å². The van der Waals surface area contributed by atoms with E-state index in [9.17, 15) is 39.0 Å². The largest absolute Gasteiger partial charge is 1.00 e. The Morgan fingerprint density at radius 2 is 0.844 bits per heavy atom. The number of hydrogen-bond donors (Lipinski definition) is 6. The molecule has 0 aliphatic heterocycles. The number of rotatable bonds is 14. The van der Waals surface area contributed by atoms with E-state index >= 15 is 0 Å². The topological polar surface area (TPSA) is 276 Å². The van der Waals surface area contributed by atoms with E-state index in [0.29, 0.717) is 0 Å². The van der Waals surface area contributed by atoms with Crippen molar-refractivity contribution in [3.63, 3.8) is 0 Å². The SMILES string of the molecule is O=C(O)C(O)C(O)C(=O)O.O=C([O-])CN(CCN(CC(=O)[O-])CC(=O)O)CC(=O)O.[Na+].[Na+]. The Balaban J connectivity index is -0.000000279. The average Bonchev–Trinajstić information content (AvgIpc) is 2.56. The first-order chi connectivity index (χ1) is 13.7. The molecule has 18 heteroatoms. The van der Waals surface area contributed by atoms with Crippen LogP contribution in [-0.2, 0) is 28.8 Å². The minimum Gasteiger partial charge on any atom is -0.549 e. The van der Waals surface area contributed by atoms with Crippen LogP contribution in [0, 0.1) is 0 Å². The monoisotopic (exact) mass is 486 g/mol. The second-order valence-electron chi connectivity index (χ2n) is 5.52. The molecule has 6 N–H and O–H groups in total. The maximum Gasteiger partial charge on any atom is 1.00 e. The Labute approximate surface area is 224 Å². The molecular weight excluding hydrogens is 466 g/mol. The van der Waals surface area contributed by atoms with Crippen LogP contribution in [0.4, 0.5) is 0 Å². The molecule has 0 aliphatic carbocycles. The quantitative estimate of drug-likeness (QED) is 0.124. The number of aliphatic hydroxyl groups is 2. The van der Waals surface area contributed by atoms with Crippen LogP contribution in [0.3, 0.4) is 0 Å². The van der Waals surface area contributed by atoms with Crippen LogP contribution in [-0.4, -0.2) is 128 Å². The fraction of sp³-hybridized carbons (Fsp3) is 0.571. The molecular formula is C14H20N2Na2O14. The normalized spacial score (nSPS) is 11.6. The molecule has 0 fully saturated rings. The van der Waals surface area contributed by atoms with Crippen LogP contribution < -0.4 is 69.3 Å². The van der Waals surface area contributed by atoms with Crippen molar-refractivity contribution in [2.24, 2.45) is 0 Å². The molecule has 0 spiro atoms. The van der Waals surface area contributed by atoms with Crippen molar-refractivity contribution in [2.75, 3.05) is 39.3 Å². The van der Waals surface area contributed by atoms with Crippen molar-refractivity contribution in [3.05, 3.63) is 0 Å². The van der Waals surface area contributed by atoms with Crippen LogP contribution in [0.25, 0.3) is 0 Å². The molecule has 0 heterocycles. The summed E-state index contributed by atoms with van der Waals surface area (Å²) >= 11 is 0. The van der Waals surface area contributed by atoms with E-state index in [-0.39, 0.29) is 72.2 Å². The molecule has 2 atom stereocenters. The molecule has 32 heavy (non-hydrogen) atoms. The van der Waals surface area contributed by atoms with Gasteiger partial charge in [0.2, 0.25) is 0 Å². The number of carboxylic acids is 6. The maximum absolute atomic E-state index is 10.5. The predicted molar refractivity (Wildman–Crippen MR) is 85.5 cm³/mol. The molecule has 0 aromatic heterocycles. The van der Waals surface area contributed by atoms with E-state index in [4.69, 9.17) is 30.6 Å². The van der Waals surface area contributed by atoms with E-state index in [1.54, 1.807) is 0 Å². The van der Waals surface area contributed by atoms with E-state index in [1.165, 1.54) is 0 Å². The summed E-state index contributed by atoms with van der Waals surface area (Å²) < 4.78 is 0. The molecule has 0 aromatic rings. The minimum absolute atomic E-state index is 0. The number of nitrogens with zero attached hydrogens (tertiary/aromatic N) is 2.